The highest BCUT2D eigenvalue weighted by molar-refractivity contribution is 6.34. The number of fused-ring (bicyclic) bond motifs is 3. The van der Waals surface area contributed by atoms with Crippen molar-refractivity contribution in [3.8, 4) is 34.5 Å². The number of nitrogens with two attached hydrogens (primary N) is 1. The van der Waals surface area contributed by atoms with Crippen molar-refractivity contribution in [3.05, 3.63) is 129 Å². The van der Waals surface area contributed by atoms with Gasteiger partial charge >= 0.3 is 17.9 Å². The highest BCUT2D eigenvalue weighted by Gasteiger charge is 2.16. The minimum atomic E-state index is -1.00. The number of benzene rings is 5. The molecule has 18 nitrogen and oxygen atoms in total. The fraction of sp³-hybridized carbons (Fsp3) is 0.152. The number of anilines is 3. The standard InChI is InChI=1S/C17H13ClFN3O3.C11H9ClN2O3.C11H10N2O4.C6H5ClFN.CH3F/c1-9(23)25-15-6-10-13(7-14(15)24-2)20-8-21-17(10)22-12-5-3-4-11(18)16(12)19;1-6(15)17-10-3-7-8(4-9(10)16-2)13-5-14-11(7)12;1-6(14)17-10-3-7-8(4-9(10)16-2)12-5-13-11(7)15;7-4-2-1-3-5(9)6(4)8;1-2/h3-8H,1-2H3,(H,20,21,22);3-5H,1-2H3;3-5H,1-2H3,(H,12,13,15);1-3H,9H2;1H3/i;;;;1D. The van der Waals surface area contributed by atoms with Gasteiger partial charge in [-0.1, -0.05) is 46.9 Å². The zero-order chi connectivity index (χ0) is 52.4. The van der Waals surface area contributed by atoms with Crippen LogP contribution in [0.4, 0.5) is 30.4 Å². The molecule has 0 amide bonds. The fourth-order valence-corrected chi connectivity index (χ4v) is 6.25. The van der Waals surface area contributed by atoms with Crippen LogP contribution >= 0.6 is 34.8 Å². The van der Waals surface area contributed by atoms with E-state index >= 15 is 0 Å². The Labute approximate surface area is 412 Å². The van der Waals surface area contributed by atoms with E-state index in [2.05, 4.69) is 35.2 Å². The van der Waals surface area contributed by atoms with Gasteiger partial charge in [0.2, 0.25) is 0 Å². The number of aromatic amines is 1. The van der Waals surface area contributed by atoms with Crippen molar-refractivity contribution in [2.75, 3.05) is 39.5 Å². The first-order chi connectivity index (χ1) is 33.8. The molecule has 0 atom stereocenters. The number of nitrogen functional groups attached to an aromatic ring is 1. The van der Waals surface area contributed by atoms with E-state index in [0.29, 0.717) is 66.7 Å². The molecule has 8 aromatic rings. The molecule has 3 aromatic heterocycles. The van der Waals surface area contributed by atoms with E-state index in [1.54, 1.807) is 42.5 Å². The molecule has 0 bridgehead atoms. The van der Waals surface area contributed by atoms with Crippen molar-refractivity contribution >= 4 is 103 Å². The Morgan fingerprint density at radius 3 is 1.56 bits per heavy atom. The van der Waals surface area contributed by atoms with Gasteiger partial charge < -0.3 is 44.5 Å². The van der Waals surface area contributed by atoms with Crippen molar-refractivity contribution in [3.63, 3.8) is 0 Å². The predicted octanol–water partition coefficient (Wildman–Crippen LogP) is 9.82. The molecule has 3 heterocycles. The van der Waals surface area contributed by atoms with Gasteiger partial charge in [-0.05, 0) is 42.5 Å². The average Bonchev–Trinajstić information content (AvgIpc) is 3.32. The van der Waals surface area contributed by atoms with Crippen LogP contribution in [0.5, 0.6) is 34.5 Å². The Hall–Kier alpha value is -8.01. The summed E-state index contributed by atoms with van der Waals surface area (Å²) in [6, 6.07) is 18.5. The van der Waals surface area contributed by atoms with Gasteiger partial charge in [-0.2, -0.15) is 0 Å². The van der Waals surface area contributed by atoms with Crippen LogP contribution in [-0.2, 0) is 14.4 Å². The van der Waals surface area contributed by atoms with Gasteiger partial charge in [-0.15, -0.1) is 0 Å². The summed E-state index contributed by atoms with van der Waals surface area (Å²) >= 11 is 17.1. The molecule has 0 saturated heterocycles. The van der Waals surface area contributed by atoms with Crippen molar-refractivity contribution in [2.24, 2.45) is 0 Å². The van der Waals surface area contributed by atoms with Gasteiger partial charge in [-0.25, -0.2) is 33.7 Å². The molecule has 0 unspecified atom stereocenters. The molecule has 0 radical (unpaired) electrons. The van der Waals surface area contributed by atoms with E-state index in [0.717, 1.165) is 0 Å². The molecule has 0 aliphatic heterocycles. The van der Waals surface area contributed by atoms with E-state index in [1.807, 2.05) is 0 Å². The molecule has 5 aromatic carbocycles. The summed E-state index contributed by atoms with van der Waals surface area (Å²) in [4.78, 5) is 67.4. The number of H-pyrrole nitrogens is 1. The number of carbonyl (C=O) groups is 3. The van der Waals surface area contributed by atoms with Gasteiger partial charge in [0.05, 0.1) is 79.5 Å². The van der Waals surface area contributed by atoms with Crippen LogP contribution in [0.15, 0.2) is 96.6 Å². The zero-order valence-corrected chi connectivity index (χ0v) is 39.8. The minimum absolute atomic E-state index is 0.00867. The van der Waals surface area contributed by atoms with E-state index in [9.17, 15) is 32.3 Å². The highest BCUT2D eigenvalue weighted by atomic mass is 35.5. The lowest BCUT2D eigenvalue weighted by Gasteiger charge is -2.13. The second kappa shape index (κ2) is 25.9. The van der Waals surface area contributed by atoms with E-state index in [1.165, 1.54) is 91.4 Å². The number of halogens is 6. The van der Waals surface area contributed by atoms with Gasteiger partial charge in [0.1, 0.15) is 23.6 Å². The van der Waals surface area contributed by atoms with E-state index < -0.39 is 36.7 Å². The number of carbonyl (C=O) groups excluding carboxylic acids is 3. The lowest BCUT2D eigenvalue weighted by Crippen LogP contribution is -2.08. The quantitative estimate of drug-likeness (QED) is 0.0555. The molecule has 0 saturated carbocycles. The summed E-state index contributed by atoms with van der Waals surface area (Å²) in [7, 11) is 3.38. The van der Waals surface area contributed by atoms with Crippen molar-refractivity contribution < 1.29 is 57.3 Å². The third-order valence-corrected chi connectivity index (χ3v) is 9.55. The van der Waals surface area contributed by atoms with E-state index in [-0.39, 0.29) is 38.5 Å². The molecule has 4 N–H and O–H groups in total. The lowest BCUT2D eigenvalue weighted by atomic mass is 10.2. The molecular formula is C46H40Cl3F3N8O10. The van der Waals surface area contributed by atoms with Crippen LogP contribution in [0.3, 0.4) is 0 Å². The van der Waals surface area contributed by atoms with Gasteiger partial charge in [0.15, 0.2) is 46.1 Å². The first kappa shape index (κ1) is 53.0. The number of ether oxygens (including phenoxy) is 6. The molecular weight excluding hydrogens is 988 g/mol. The Balaban J connectivity index is 0.000000211. The third kappa shape index (κ3) is 14.5. The number of esters is 3. The lowest BCUT2D eigenvalue weighted by molar-refractivity contribution is -0.132. The monoisotopic (exact) mass is 1030 g/mol. The average molecular weight is 1030 g/mol. The second-order valence-corrected chi connectivity index (χ2v) is 14.5. The third-order valence-electron chi connectivity index (χ3n) is 8.67. The molecule has 0 spiro atoms. The second-order valence-electron chi connectivity index (χ2n) is 13.3. The summed E-state index contributed by atoms with van der Waals surface area (Å²) in [5.74, 6) is -0.383. The molecule has 0 fully saturated rings. The molecule has 0 aliphatic carbocycles. The normalized spacial score (nSPS) is 10.3. The van der Waals surface area contributed by atoms with Crippen LogP contribution in [0.25, 0.3) is 32.7 Å². The van der Waals surface area contributed by atoms with Gasteiger partial charge in [0.25, 0.3) is 5.56 Å². The number of nitrogens with zero attached hydrogens (tertiary/aromatic N) is 5. The van der Waals surface area contributed by atoms with E-state index in [4.69, 9.17) is 70.3 Å². The SMILES string of the molecule is COc1cc2nc[nH]c(=O)c2cc1OC(C)=O.COc1cc2ncnc(Cl)c2cc1OC(C)=O.COc1cc2ncnc(Nc3cccc(Cl)c3F)c2cc1OC(C)=O.Nc1cccc(Cl)c1F.[2H]CF. The molecule has 8 rings (SSSR count). The fourth-order valence-electron chi connectivity index (χ4n) is 5.70. The Kier molecular flexibility index (Phi) is 19.6. The van der Waals surface area contributed by atoms with Crippen LogP contribution in [-0.4, -0.2) is 76.3 Å². The predicted molar refractivity (Wildman–Crippen MR) is 258 cm³/mol. The summed E-state index contributed by atoms with van der Waals surface area (Å²) in [6.07, 6.45) is 3.99. The largest absolute Gasteiger partial charge is 0.493 e. The van der Waals surface area contributed by atoms with Crippen molar-refractivity contribution in [2.45, 2.75) is 20.8 Å². The first-order valence-corrected chi connectivity index (χ1v) is 20.7. The number of nitrogens with one attached hydrogen (secondary N) is 2. The number of hydrogen-bond donors (Lipinski definition) is 3. The Morgan fingerprint density at radius 2 is 1.07 bits per heavy atom. The smallest absolute Gasteiger partial charge is 0.308 e. The first-order valence-electron chi connectivity index (χ1n) is 20.2. The molecule has 366 valence electrons. The highest BCUT2D eigenvalue weighted by Crippen LogP contribution is 2.37. The van der Waals surface area contributed by atoms with Crippen LogP contribution in [0, 0.1) is 11.6 Å². The Morgan fingerprint density at radius 1 is 0.629 bits per heavy atom. The van der Waals surface area contributed by atoms with Gasteiger partial charge in [-0.3, -0.25) is 23.6 Å². The van der Waals surface area contributed by atoms with Crippen LogP contribution < -0.4 is 45.0 Å². The maximum atomic E-state index is 14.1. The molecule has 0 aliphatic rings. The van der Waals surface area contributed by atoms with Crippen LogP contribution in [0.1, 0.15) is 22.1 Å². The Bertz CT molecular complexity index is 3230. The topological polar surface area (TPSA) is 242 Å². The number of aromatic nitrogens is 6. The summed E-state index contributed by atoms with van der Waals surface area (Å²) < 4.78 is 72.6. The van der Waals surface area contributed by atoms with Crippen LogP contribution in [0.2, 0.25) is 15.2 Å². The number of hydrogen-bond acceptors (Lipinski definition) is 17. The summed E-state index contributed by atoms with van der Waals surface area (Å²) in [5, 5.41) is 4.70. The number of rotatable bonds is 8. The maximum Gasteiger partial charge on any atom is 0.308 e. The molecule has 70 heavy (non-hydrogen) atoms. The van der Waals surface area contributed by atoms with Crippen molar-refractivity contribution in [1.82, 2.24) is 29.9 Å². The number of methoxy groups -OCH3 is 3. The number of alkyl halides is 1. The maximum absolute atomic E-state index is 14.1. The van der Waals surface area contributed by atoms with Crippen molar-refractivity contribution in [1.29, 1.82) is 0 Å². The summed E-state index contributed by atoms with van der Waals surface area (Å²) in [6.45, 7) is 3.87. The van der Waals surface area contributed by atoms with Gasteiger partial charge in [0, 0.05) is 49.7 Å². The minimum Gasteiger partial charge on any atom is -0.493 e. The molecule has 24 heteroatoms. The zero-order valence-electron chi connectivity index (χ0n) is 38.5. The summed E-state index contributed by atoms with van der Waals surface area (Å²) in [5.41, 5.74) is 6.74.